The first-order valence-electron chi connectivity index (χ1n) is 10.2. The number of nitrogens with zero attached hydrogens (tertiary/aromatic N) is 2. The SMILES string of the molecule is CCc1c(C)cc(C(=O)N2C[C@@H]3CNC[C@@H]3[C@H]2c2ccccc2C)c(=O)n1C. The van der Waals surface area contributed by atoms with Crippen LogP contribution in [0.15, 0.2) is 35.1 Å². The molecular formula is C23H29N3O2. The van der Waals surface area contributed by atoms with Crippen molar-refractivity contribution in [2.45, 2.75) is 33.2 Å². The summed E-state index contributed by atoms with van der Waals surface area (Å²) in [7, 11) is 1.77. The first-order chi connectivity index (χ1) is 13.4. The summed E-state index contributed by atoms with van der Waals surface area (Å²) in [6.45, 7) is 8.67. The fourth-order valence-electron chi connectivity index (χ4n) is 5.20. The molecule has 0 aliphatic carbocycles. The van der Waals surface area contributed by atoms with E-state index in [-0.39, 0.29) is 17.5 Å². The Labute approximate surface area is 166 Å². The number of hydrogen-bond donors (Lipinski definition) is 1. The van der Waals surface area contributed by atoms with Gasteiger partial charge in [-0.1, -0.05) is 31.2 Å². The summed E-state index contributed by atoms with van der Waals surface area (Å²) < 4.78 is 1.64. The summed E-state index contributed by atoms with van der Waals surface area (Å²) in [5.74, 6) is 0.701. The van der Waals surface area contributed by atoms with Gasteiger partial charge in [-0.3, -0.25) is 9.59 Å². The van der Waals surface area contributed by atoms with Crippen molar-refractivity contribution in [3.05, 3.63) is 68.6 Å². The highest BCUT2D eigenvalue weighted by Gasteiger charge is 2.47. The number of fused-ring (bicyclic) bond motifs is 1. The molecule has 3 atom stereocenters. The van der Waals surface area contributed by atoms with Gasteiger partial charge in [0.2, 0.25) is 0 Å². The zero-order chi connectivity index (χ0) is 20.0. The molecule has 28 heavy (non-hydrogen) atoms. The number of nitrogens with one attached hydrogen (secondary N) is 1. The summed E-state index contributed by atoms with van der Waals surface area (Å²) >= 11 is 0. The van der Waals surface area contributed by atoms with E-state index in [1.54, 1.807) is 17.7 Å². The lowest BCUT2D eigenvalue weighted by Gasteiger charge is -2.30. The lowest BCUT2D eigenvalue weighted by atomic mass is 9.87. The van der Waals surface area contributed by atoms with Gasteiger partial charge in [0.15, 0.2) is 0 Å². The van der Waals surface area contributed by atoms with E-state index >= 15 is 0 Å². The molecule has 0 saturated carbocycles. The van der Waals surface area contributed by atoms with E-state index in [0.717, 1.165) is 30.8 Å². The average molecular weight is 380 g/mol. The van der Waals surface area contributed by atoms with Gasteiger partial charge in [0.05, 0.1) is 6.04 Å². The highest BCUT2D eigenvalue weighted by Crippen LogP contribution is 2.44. The number of aromatic nitrogens is 1. The lowest BCUT2D eigenvalue weighted by Crippen LogP contribution is -2.39. The minimum atomic E-state index is -0.189. The predicted molar refractivity (Wildman–Crippen MR) is 111 cm³/mol. The Bertz CT molecular complexity index is 978. The van der Waals surface area contributed by atoms with Crippen molar-refractivity contribution < 1.29 is 4.79 Å². The number of carbonyl (C=O) groups is 1. The van der Waals surface area contributed by atoms with Crippen LogP contribution in [0.2, 0.25) is 0 Å². The van der Waals surface area contributed by atoms with Gasteiger partial charge in [-0.15, -0.1) is 0 Å². The van der Waals surface area contributed by atoms with Crippen LogP contribution in [0.4, 0.5) is 0 Å². The number of benzene rings is 1. The molecule has 0 bridgehead atoms. The molecule has 2 saturated heterocycles. The second-order valence-electron chi connectivity index (χ2n) is 8.25. The van der Waals surface area contributed by atoms with E-state index in [1.807, 2.05) is 30.9 Å². The maximum absolute atomic E-state index is 13.6. The molecule has 148 valence electrons. The molecule has 2 fully saturated rings. The van der Waals surface area contributed by atoms with E-state index in [2.05, 4.69) is 24.4 Å². The summed E-state index contributed by atoms with van der Waals surface area (Å²) in [5.41, 5.74) is 4.49. The summed E-state index contributed by atoms with van der Waals surface area (Å²) in [4.78, 5) is 28.5. The van der Waals surface area contributed by atoms with E-state index < -0.39 is 0 Å². The molecule has 0 spiro atoms. The highest BCUT2D eigenvalue weighted by atomic mass is 16.2. The number of aryl methyl sites for hydroxylation is 2. The zero-order valence-electron chi connectivity index (χ0n) is 17.2. The normalized spacial score (nSPS) is 23.9. The van der Waals surface area contributed by atoms with E-state index in [4.69, 9.17) is 0 Å². The van der Waals surface area contributed by atoms with E-state index in [1.165, 1.54) is 11.1 Å². The van der Waals surface area contributed by atoms with E-state index in [0.29, 0.717) is 23.9 Å². The molecule has 2 aromatic rings. The number of pyridine rings is 1. The summed E-state index contributed by atoms with van der Waals surface area (Å²) in [6.07, 6.45) is 0.775. The van der Waals surface area contributed by atoms with Crippen molar-refractivity contribution >= 4 is 5.91 Å². The van der Waals surface area contributed by atoms with Gasteiger partial charge in [0, 0.05) is 38.3 Å². The van der Waals surface area contributed by atoms with Crippen LogP contribution in [-0.2, 0) is 13.5 Å². The van der Waals surface area contributed by atoms with Gasteiger partial charge in [-0.05, 0) is 48.9 Å². The molecular weight excluding hydrogens is 350 g/mol. The Morgan fingerprint density at radius 3 is 2.64 bits per heavy atom. The largest absolute Gasteiger partial charge is 0.331 e. The van der Waals surface area contributed by atoms with Crippen LogP contribution >= 0.6 is 0 Å². The molecule has 0 unspecified atom stereocenters. The zero-order valence-corrected chi connectivity index (χ0v) is 17.2. The maximum Gasteiger partial charge on any atom is 0.263 e. The monoisotopic (exact) mass is 379 g/mol. The van der Waals surface area contributed by atoms with Crippen LogP contribution in [0.3, 0.4) is 0 Å². The van der Waals surface area contributed by atoms with Crippen molar-refractivity contribution in [1.29, 1.82) is 0 Å². The standard InChI is InChI=1S/C23H29N3O2/c1-5-20-15(3)10-18(22(27)25(20)4)23(28)26-13-16-11-24-12-19(16)21(26)17-9-7-6-8-14(17)2/h6-10,16,19,21,24H,5,11-13H2,1-4H3/t16-,19-,21+/m0/s1. The molecule has 2 aliphatic heterocycles. The number of rotatable bonds is 3. The predicted octanol–water partition coefficient (Wildman–Crippen LogP) is 2.60. The summed E-state index contributed by atoms with van der Waals surface area (Å²) in [5, 5.41) is 3.48. The van der Waals surface area contributed by atoms with Crippen molar-refractivity contribution in [1.82, 2.24) is 14.8 Å². The fourth-order valence-corrected chi connectivity index (χ4v) is 5.20. The van der Waals surface area contributed by atoms with Gasteiger partial charge in [0.25, 0.3) is 11.5 Å². The molecule has 4 rings (SSSR count). The Hall–Kier alpha value is -2.40. The first-order valence-corrected chi connectivity index (χ1v) is 10.2. The minimum Gasteiger partial charge on any atom is -0.331 e. The number of amides is 1. The summed E-state index contributed by atoms with van der Waals surface area (Å²) in [6, 6.07) is 10.1. The van der Waals surface area contributed by atoms with Crippen molar-refractivity contribution in [2.75, 3.05) is 19.6 Å². The van der Waals surface area contributed by atoms with Crippen LogP contribution < -0.4 is 10.9 Å². The van der Waals surface area contributed by atoms with Crippen molar-refractivity contribution in [3.63, 3.8) is 0 Å². The molecule has 3 heterocycles. The average Bonchev–Trinajstić information content (AvgIpc) is 3.26. The Kier molecular flexibility index (Phi) is 4.88. The molecule has 5 nitrogen and oxygen atoms in total. The molecule has 1 amide bonds. The van der Waals surface area contributed by atoms with Gasteiger partial charge in [-0.25, -0.2) is 0 Å². The third kappa shape index (κ3) is 2.89. The van der Waals surface area contributed by atoms with Gasteiger partial charge in [0.1, 0.15) is 5.56 Å². The van der Waals surface area contributed by atoms with Gasteiger partial charge < -0.3 is 14.8 Å². The molecule has 0 radical (unpaired) electrons. The maximum atomic E-state index is 13.6. The molecule has 1 aromatic carbocycles. The molecule has 1 N–H and O–H groups in total. The van der Waals surface area contributed by atoms with Crippen LogP contribution in [0.25, 0.3) is 0 Å². The number of hydrogen-bond acceptors (Lipinski definition) is 3. The van der Waals surface area contributed by atoms with Gasteiger partial charge >= 0.3 is 0 Å². The third-order valence-corrected chi connectivity index (χ3v) is 6.65. The number of carbonyl (C=O) groups excluding carboxylic acids is 1. The topological polar surface area (TPSA) is 54.3 Å². The Balaban J connectivity index is 1.78. The van der Waals surface area contributed by atoms with Crippen LogP contribution in [0, 0.1) is 25.7 Å². The van der Waals surface area contributed by atoms with Crippen LogP contribution in [0.1, 0.15) is 45.7 Å². The second-order valence-corrected chi connectivity index (χ2v) is 8.25. The quantitative estimate of drug-likeness (QED) is 0.892. The first kappa shape index (κ1) is 18.9. The van der Waals surface area contributed by atoms with Crippen LogP contribution in [0.5, 0.6) is 0 Å². The van der Waals surface area contributed by atoms with Crippen LogP contribution in [-0.4, -0.2) is 35.0 Å². The number of likely N-dealkylation sites (tertiary alicyclic amines) is 1. The molecule has 2 aliphatic rings. The smallest absolute Gasteiger partial charge is 0.263 e. The van der Waals surface area contributed by atoms with E-state index in [9.17, 15) is 9.59 Å². The highest BCUT2D eigenvalue weighted by molar-refractivity contribution is 5.94. The Morgan fingerprint density at radius 1 is 1.18 bits per heavy atom. The van der Waals surface area contributed by atoms with Gasteiger partial charge in [-0.2, -0.15) is 0 Å². The Morgan fingerprint density at radius 2 is 1.93 bits per heavy atom. The molecule has 5 heteroatoms. The third-order valence-electron chi connectivity index (χ3n) is 6.65. The molecule has 1 aromatic heterocycles. The minimum absolute atomic E-state index is 0.0181. The van der Waals surface area contributed by atoms with Crippen molar-refractivity contribution in [2.24, 2.45) is 18.9 Å². The second kappa shape index (κ2) is 7.21. The van der Waals surface area contributed by atoms with Crippen molar-refractivity contribution in [3.8, 4) is 0 Å². The fraction of sp³-hybridized carbons (Fsp3) is 0.478. The lowest BCUT2D eigenvalue weighted by molar-refractivity contribution is 0.0711.